The first-order valence-corrected chi connectivity index (χ1v) is 5.10. The standard InChI is InChI=1S/C9H15N5O/c10-6-9(12-3-4-13-14-11)8-2-1-5-15-7-8/h8-9,12H,1-5,7H2. The summed E-state index contributed by atoms with van der Waals surface area (Å²) in [5.74, 6) is 0.259. The summed E-state index contributed by atoms with van der Waals surface area (Å²) in [4.78, 5) is 2.65. The van der Waals surface area contributed by atoms with Crippen molar-refractivity contribution in [3.8, 4) is 6.07 Å². The lowest BCUT2D eigenvalue weighted by molar-refractivity contribution is 0.0469. The van der Waals surface area contributed by atoms with Gasteiger partial charge in [0.2, 0.25) is 0 Å². The maximum atomic E-state index is 8.96. The monoisotopic (exact) mass is 209 g/mol. The predicted molar refractivity (Wildman–Crippen MR) is 55.0 cm³/mol. The molecule has 1 aliphatic heterocycles. The maximum absolute atomic E-state index is 8.96. The van der Waals surface area contributed by atoms with E-state index in [1.165, 1.54) is 0 Å². The van der Waals surface area contributed by atoms with Gasteiger partial charge in [0.25, 0.3) is 0 Å². The van der Waals surface area contributed by atoms with Crippen LogP contribution in [0, 0.1) is 17.2 Å². The van der Waals surface area contributed by atoms with Gasteiger partial charge in [0.15, 0.2) is 0 Å². The van der Waals surface area contributed by atoms with Crippen molar-refractivity contribution in [1.29, 1.82) is 5.26 Å². The van der Waals surface area contributed by atoms with Gasteiger partial charge >= 0.3 is 0 Å². The molecule has 0 aromatic rings. The van der Waals surface area contributed by atoms with Crippen LogP contribution in [0.25, 0.3) is 10.4 Å². The fourth-order valence-electron chi connectivity index (χ4n) is 1.66. The van der Waals surface area contributed by atoms with Gasteiger partial charge in [-0.3, -0.25) is 0 Å². The lowest BCUT2D eigenvalue weighted by Gasteiger charge is -2.26. The average Bonchev–Trinajstić information content (AvgIpc) is 2.30. The molecule has 0 saturated carbocycles. The van der Waals surface area contributed by atoms with Crippen LogP contribution in [0.1, 0.15) is 12.8 Å². The number of nitrogens with one attached hydrogen (secondary N) is 1. The number of azide groups is 1. The molecule has 0 aliphatic carbocycles. The molecule has 6 heteroatoms. The second kappa shape index (κ2) is 7.07. The molecule has 1 rings (SSSR count). The summed E-state index contributed by atoms with van der Waals surface area (Å²) in [6.45, 7) is 2.36. The minimum atomic E-state index is -0.195. The van der Waals surface area contributed by atoms with Crippen LogP contribution in [0.4, 0.5) is 0 Å². The van der Waals surface area contributed by atoms with Gasteiger partial charge in [-0.2, -0.15) is 5.26 Å². The van der Waals surface area contributed by atoms with E-state index in [0.717, 1.165) is 19.4 Å². The molecule has 82 valence electrons. The van der Waals surface area contributed by atoms with Crippen molar-refractivity contribution in [2.45, 2.75) is 18.9 Å². The molecular formula is C9H15N5O. The summed E-state index contributed by atoms with van der Waals surface area (Å²) in [6.07, 6.45) is 2.04. The van der Waals surface area contributed by atoms with Crippen LogP contribution >= 0.6 is 0 Å². The van der Waals surface area contributed by atoms with Gasteiger partial charge in [-0.15, -0.1) is 0 Å². The molecule has 1 N–H and O–H groups in total. The molecule has 0 aromatic carbocycles. The van der Waals surface area contributed by atoms with E-state index in [1.54, 1.807) is 0 Å². The van der Waals surface area contributed by atoms with Gasteiger partial charge in [-0.1, -0.05) is 5.11 Å². The molecule has 6 nitrogen and oxygen atoms in total. The number of rotatable bonds is 5. The van der Waals surface area contributed by atoms with Crippen molar-refractivity contribution in [1.82, 2.24) is 5.32 Å². The number of hydrogen-bond acceptors (Lipinski definition) is 4. The van der Waals surface area contributed by atoms with E-state index < -0.39 is 0 Å². The Labute approximate surface area is 88.8 Å². The van der Waals surface area contributed by atoms with Crippen LogP contribution in [0.5, 0.6) is 0 Å². The molecule has 0 aromatic heterocycles. The fraction of sp³-hybridized carbons (Fsp3) is 0.889. The zero-order valence-corrected chi connectivity index (χ0v) is 8.59. The third-order valence-corrected chi connectivity index (χ3v) is 2.45. The van der Waals surface area contributed by atoms with E-state index in [2.05, 4.69) is 21.4 Å². The van der Waals surface area contributed by atoms with Crippen molar-refractivity contribution >= 4 is 0 Å². The number of nitriles is 1. The summed E-state index contributed by atoms with van der Waals surface area (Å²) >= 11 is 0. The third-order valence-electron chi connectivity index (χ3n) is 2.45. The first kappa shape index (κ1) is 11.8. The van der Waals surface area contributed by atoms with Crippen LogP contribution in [0.15, 0.2) is 5.11 Å². The summed E-state index contributed by atoms with van der Waals surface area (Å²) in [7, 11) is 0. The Kier molecular flexibility index (Phi) is 5.56. The van der Waals surface area contributed by atoms with Gasteiger partial charge < -0.3 is 10.1 Å². The van der Waals surface area contributed by atoms with E-state index in [0.29, 0.717) is 19.7 Å². The SMILES string of the molecule is N#CC(NCCN=[N+]=[N-])C1CCCOC1. The van der Waals surface area contributed by atoms with Crippen molar-refractivity contribution in [3.63, 3.8) is 0 Å². The normalized spacial score (nSPS) is 22.5. The van der Waals surface area contributed by atoms with Gasteiger partial charge in [0.05, 0.1) is 12.7 Å². The average molecular weight is 209 g/mol. The van der Waals surface area contributed by atoms with Crippen molar-refractivity contribution in [2.24, 2.45) is 11.0 Å². The second-order valence-electron chi connectivity index (χ2n) is 3.49. The molecule has 0 amide bonds. The predicted octanol–water partition coefficient (Wildman–Crippen LogP) is 1.21. The van der Waals surface area contributed by atoms with E-state index in [1.807, 2.05) is 0 Å². The fourth-order valence-corrected chi connectivity index (χ4v) is 1.66. The van der Waals surface area contributed by atoms with Crippen LogP contribution in [-0.4, -0.2) is 32.3 Å². The summed E-state index contributed by atoms with van der Waals surface area (Å²) in [5, 5.41) is 15.4. The van der Waals surface area contributed by atoms with Gasteiger partial charge in [0.1, 0.15) is 6.04 Å². The molecule has 15 heavy (non-hydrogen) atoms. The van der Waals surface area contributed by atoms with Gasteiger partial charge in [-0.25, -0.2) is 0 Å². The topological polar surface area (TPSA) is 93.8 Å². The van der Waals surface area contributed by atoms with Crippen LogP contribution < -0.4 is 5.32 Å². The van der Waals surface area contributed by atoms with Crippen LogP contribution in [-0.2, 0) is 4.74 Å². The lowest BCUT2D eigenvalue weighted by atomic mass is 9.94. The zero-order chi connectivity index (χ0) is 10.9. The van der Waals surface area contributed by atoms with Crippen LogP contribution in [0.3, 0.4) is 0 Å². The number of nitrogens with zero attached hydrogens (tertiary/aromatic N) is 4. The minimum absolute atomic E-state index is 0.195. The first-order chi connectivity index (χ1) is 7.38. The highest BCUT2D eigenvalue weighted by Gasteiger charge is 2.23. The van der Waals surface area contributed by atoms with Crippen molar-refractivity contribution in [2.75, 3.05) is 26.3 Å². The summed E-state index contributed by atoms with van der Waals surface area (Å²) in [6, 6.07) is 2.03. The third kappa shape index (κ3) is 4.17. The Morgan fingerprint density at radius 2 is 2.60 bits per heavy atom. The molecule has 1 heterocycles. The Balaban J connectivity index is 2.28. The summed E-state index contributed by atoms with van der Waals surface area (Å²) in [5.41, 5.74) is 8.08. The Bertz CT molecular complexity index is 262. The molecule has 2 atom stereocenters. The van der Waals surface area contributed by atoms with Gasteiger partial charge in [-0.05, 0) is 18.4 Å². The van der Waals surface area contributed by atoms with Gasteiger partial charge in [0, 0.05) is 30.5 Å². The van der Waals surface area contributed by atoms with E-state index >= 15 is 0 Å². The largest absolute Gasteiger partial charge is 0.381 e. The molecule has 0 radical (unpaired) electrons. The second-order valence-corrected chi connectivity index (χ2v) is 3.49. The zero-order valence-electron chi connectivity index (χ0n) is 8.59. The van der Waals surface area contributed by atoms with Crippen molar-refractivity contribution < 1.29 is 4.74 Å². The van der Waals surface area contributed by atoms with Crippen LogP contribution in [0.2, 0.25) is 0 Å². The molecule has 0 bridgehead atoms. The Morgan fingerprint density at radius 3 is 3.20 bits per heavy atom. The van der Waals surface area contributed by atoms with E-state index in [9.17, 15) is 0 Å². The smallest absolute Gasteiger partial charge is 0.100 e. The number of ether oxygens (including phenoxy) is 1. The molecule has 1 fully saturated rings. The molecule has 1 aliphatic rings. The van der Waals surface area contributed by atoms with E-state index in [4.69, 9.17) is 15.5 Å². The highest BCUT2D eigenvalue weighted by molar-refractivity contribution is 4.95. The molecule has 2 unspecified atom stereocenters. The quantitative estimate of drug-likeness (QED) is 0.319. The maximum Gasteiger partial charge on any atom is 0.100 e. The molecule has 1 saturated heterocycles. The van der Waals surface area contributed by atoms with E-state index in [-0.39, 0.29) is 12.0 Å². The number of hydrogen-bond donors (Lipinski definition) is 1. The minimum Gasteiger partial charge on any atom is -0.381 e. The Morgan fingerprint density at radius 1 is 1.73 bits per heavy atom. The molecular weight excluding hydrogens is 194 g/mol. The van der Waals surface area contributed by atoms with Crippen molar-refractivity contribution in [3.05, 3.63) is 10.4 Å². The highest BCUT2D eigenvalue weighted by atomic mass is 16.5. The summed E-state index contributed by atoms with van der Waals surface area (Å²) < 4.78 is 5.32. The molecule has 0 spiro atoms. The first-order valence-electron chi connectivity index (χ1n) is 5.10. The Hall–Kier alpha value is -1.28. The highest BCUT2D eigenvalue weighted by Crippen LogP contribution is 2.16. The lowest BCUT2D eigenvalue weighted by Crippen LogP contribution is -2.40.